The lowest BCUT2D eigenvalue weighted by Gasteiger charge is -2.36. The molecule has 1 aromatic heterocycles. The van der Waals surface area contributed by atoms with E-state index in [9.17, 15) is 18.4 Å². The lowest BCUT2D eigenvalue weighted by Crippen LogP contribution is -2.49. The predicted octanol–water partition coefficient (Wildman–Crippen LogP) is 0.603. The molecule has 3 rings (SSSR count). The smallest absolute Gasteiger partial charge is 0.358 e. The summed E-state index contributed by atoms with van der Waals surface area (Å²) >= 11 is 0. The molecule has 25 heavy (non-hydrogen) atoms. The van der Waals surface area contributed by atoms with Crippen LogP contribution in [0.1, 0.15) is 10.5 Å². The summed E-state index contributed by atoms with van der Waals surface area (Å²) < 4.78 is 28.3. The van der Waals surface area contributed by atoms with Crippen molar-refractivity contribution >= 4 is 17.6 Å². The Kier molecular flexibility index (Phi) is 4.59. The minimum Gasteiger partial charge on any atom is -0.476 e. The van der Waals surface area contributed by atoms with Gasteiger partial charge in [-0.1, -0.05) is 5.21 Å². The Labute approximate surface area is 141 Å². The van der Waals surface area contributed by atoms with Gasteiger partial charge in [-0.15, -0.1) is 5.10 Å². The van der Waals surface area contributed by atoms with E-state index in [-0.39, 0.29) is 23.8 Å². The number of aromatic carboxylic acids is 1. The highest BCUT2D eigenvalue weighted by Crippen LogP contribution is 2.22. The molecular formula is C15H15F2N5O3. The Morgan fingerprint density at radius 1 is 1.16 bits per heavy atom. The first-order valence-electron chi connectivity index (χ1n) is 7.55. The zero-order valence-electron chi connectivity index (χ0n) is 13.1. The third-order valence-corrected chi connectivity index (χ3v) is 3.94. The van der Waals surface area contributed by atoms with Gasteiger partial charge in [0.25, 0.3) is 0 Å². The fraction of sp³-hybridized carbons (Fsp3) is 0.333. The molecular weight excluding hydrogens is 336 g/mol. The van der Waals surface area contributed by atoms with Gasteiger partial charge in [-0.3, -0.25) is 4.79 Å². The normalized spacial score (nSPS) is 14.6. The van der Waals surface area contributed by atoms with Crippen LogP contribution in [0.15, 0.2) is 24.4 Å². The fourth-order valence-electron chi connectivity index (χ4n) is 2.64. The SMILES string of the molecule is O=C(O)c1cn(CC(=O)N2CCN(c3cc(F)ccc3F)CC2)nn1. The number of aromatic nitrogens is 3. The van der Waals surface area contributed by atoms with Gasteiger partial charge in [0.15, 0.2) is 5.69 Å². The molecule has 0 unspecified atom stereocenters. The molecule has 132 valence electrons. The Bertz CT molecular complexity index is 802. The number of carbonyl (C=O) groups is 2. The van der Waals surface area contributed by atoms with Crippen molar-refractivity contribution in [2.75, 3.05) is 31.1 Å². The summed E-state index contributed by atoms with van der Waals surface area (Å²) in [6.45, 7) is 1.28. The maximum Gasteiger partial charge on any atom is 0.358 e. The van der Waals surface area contributed by atoms with Gasteiger partial charge in [-0.25, -0.2) is 18.3 Å². The lowest BCUT2D eigenvalue weighted by molar-refractivity contribution is -0.132. The summed E-state index contributed by atoms with van der Waals surface area (Å²) in [4.78, 5) is 26.2. The first-order valence-corrected chi connectivity index (χ1v) is 7.55. The molecule has 1 aliphatic heterocycles. The molecule has 2 aromatic rings. The summed E-state index contributed by atoms with van der Waals surface area (Å²) in [5, 5.41) is 15.8. The first kappa shape index (κ1) is 16.8. The second-order valence-corrected chi connectivity index (χ2v) is 5.57. The van der Waals surface area contributed by atoms with Crippen LogP contribution in [0, 0.1) is 11.6 Å². The van der Waals surface area contributed by atoms with Crippen LogP contribution in [0.2, 0.25) is 0 Å². The third kappa shape index (κ3) is 3.73. The number of rotatable bonds is 4. The van der Waals surface area contributed by atoms with Crippen molar-refractivity contribution in [3.8, 4) is 0 Å². The van der Waals surface area contributed by atoms with E-state index in [1.165, 1.54) is 6.20 Å². The van der Waals surface area contributed by atoms with Gasteiger partial charge in [0, 0.05) is 32.2 Å². The number of carbonyl (C=O) groups excluding carboxylic acids is 1. The zero-order valence-corrected chi connectivity index (χ0v) is 13.1. The average molecular weight is 351 g/mol. The first-order chi connectivity index (χ1) is 11.9. The summed E-state index contributed by atoms with van der Waals surface area (Å²) in [7, 11) is 0. The summed E-state index contributed by atoms with van der Waals surface area (Å²) in [5.74, 6) is -2.49. The average Bonchev–Trinajstić information content (AvgIpc) is 3.06. The van der Waals surface area contributed by atoms with Gasteiger partial charge >= 0.3 is 5.97 Å². The van der Waals surface area contributed by atoms with Crippen molar-refractivity contribution in [3.05, 3.63) is 41.7 Å². The summed E-state index contributed by atoms with van der Waals surface area (Å²) in [6.07, 6.45) is 1.18. The molecule has 0 saturated carbocycles. The van der Waals surface area contributed by atoms with Crippen LogP contribution < -0.4 is 4.90 Å². The maximum atomic E-state index is 13.8. The highest BCUT2D eigenvalue weighted by molar-refractivity contribution is 5.84. The Morgan fingerprint density at radius 2 is 1.88 bits per heavy atom. The molecule has 0 aliphatic carbocycles. The van der Waals surface area contributed by atoms with E-state index in [4.69, 9.17) is 5.11 Å². The van der Waals surface area contributed by atoms with E-state index in [1.807, 2.05) is 0 Å². The molecule has 1 aromatic carbocycles. The van der Waals surface area contributed by atoms with Crippen LogP contribution in [0.3, 0.4) is 0 Å². The van der Waals surface area contributed by atoms with E-state index >= 15 is 0 Å². The van der Waals surface area contributed by atoms with Crippen LogP contribution in [-0.2, 0) is 11.3 Å². The molecule has 1 saturated heterocycles. The number of benzene rings is 1. The molecule has 2 heterocycles. The molecule has 0 bridgehead atoms. The number of carboxylic acids is 1. The van der Waals surface area contributed by atoms with Crippen LogP contribution in [0.4, 0.5) is 14.5 Å². The van der Waals surface area contributed by atoms with Crippen molar-refractivity contribution < 1.29 is 23.5 Å². The van der Waals surface area contributed by atoms with E-state index in [1.54, 1.807) is 9.80 Å². The van der Waals surface area contributed by atoms with Crippen LogP contribution in [0.5, 0.6) is 0 Å². The topological polar surface area (TPSA) is 91.6 Å². The monoisotopic (exact) mass is 351 g/mol. The predicted molar refractivity (Wildman–Crippen MR) is 82.1 cm³/mol. The quantitative estimate of drug-likeness (QED) is 0.868. The van der Waals surface area contributed by atoms with E-state index in [2.05, 4.69) is 10.3 Å². The molecule has 0 radical (unpaired) electrons. The number of anilines is 1. The second kappa shape index (κ2) is 6.83. The fourth-order valence-corrected chi connectivity index (χ4v) is 2.64. The number of hydrogen-bond acceptors (Lipinski definition) is 5. The van der Waals surface area contributed by atoms with Crippen molar-refractivity contribution in [2.24, 2.45) is 0 Å². The molecule has 0 atom stereocenters. The number of nitrogens with zero attached hydrogens (tertiary/aromatic N) is 5. The van der Waals surface area contributed by atoms with Crippen LogP contribution >= 0.6 is 0 Å². The largest absolute Gasteiger partial charge is 0.476 e. The minimum atomic E-state index is -1.22. The number of halogens is 2. The van der Waals surface area contributed by atoms with E-state index < -0.39 is 17.6 Å². The van der Waals surface area contributed by atoms with Crippen molar-refractivity contribution in [3.63, 3.8) is 0 Å². The Hall–Kier alpha value is -3.04. The zero-order chi connectivity index (χ0) is 18.0. The van der Waals surface area contributed by atoms with Gasteiger partial charge in [0.05, 0.1) is 11.9 Å². The molecule has 1 amide bonds. The van der Waals surface area contributed by atoms with Gasteiger partial charge in [-0.2, -0.15) is 0 Å². The molecule has 1 fully saturated rings. The number of amides is 1. The van der Waals surface area contributed by atoms with Gasteiger partial charge in [0.1, 0.15) is 18.2 Å². The van der Waals surface area contributed by atoms with Crippen molar-refractivity contribution in [1.29, 1.82) is 0 Å². The number of piperazine rings is 1. The maximum absolute atomic E-state index is 13.8. The highest BCUT2D eigenvalue weighted by Gasteiger charge is 2.23. The minimum absolute atomic E-state index is 0.130. The van der Waals surface area contributed by atoms with E-state index in [0.29, 0.717) is 26.2 Å². The number of hydrogen-bond donors (Lipinski definition) is 1. The molecule has 10 heteroatoms. The highest BCUT2D eigenvalue weighted by atomic mass is 19.1. The lowest BCUT2D eigenvalue weighted by atomic mass is 10.2. The van der Waals surface area contributed by atoms with E-state index in [0.717, 1.165) is 22.9 Å². The Morgan fingerprint density at radius 3 is 2.52 bits per heavy atom. The third-order valence-electron chi connectivity index (χ3n) is 3.94. The van der Waals surface area contributed by atoms with Gasteiger partial charge in [-0.05, 0) is 12.1 Å². The van der Waals surface area contributed by atoms with Gasteiger partial charge in [0.2, 0.25) is 5.91 Å². The Balaban J connectivity index is 1.58. The molecule has 0 spiro atoms. The van der Waals surface area contributed by atoms with Crippen LogP contribution in [-0.4, -0.2) is 63.1 Å². The molecule has 8 nitrogen and oxygen atoms in total. The van der Waals surface area contributed by atoms with Gasteiger partial charge < -0.3 is 14.9 Å². The summed E-state index contributed by atoms with van der Waals surface area (Å²) in [6, 6.07) is 3.27. The molecule has 1 N–H and O–H groups in total. The van der Waals surface area contributed by atoms with Crippen molar-refractivity contribution in [1.82, 2.24) is 19.9 Å². The van der Waals surface area contributed by atoms with Crippen molar-refractivity contribution in [2.45, 2.75) is 6.54 Å². The second-order valence-electron chi connectivity index (χ2n) is 5.57. The standard InChI is InChI=1S/C15H15F2N5O3/c16-10-1-2-11(17)13(7-10)20-3-5-21(6-4-20)14(23)9-22-8-12(15(24)25)18-19-22/h1-2,7-8H,3-6,9H2,(H,24,25). The number of carboxylic acid groups (broad SMARTS) is 1. The van der Waals surface area contributed by atoms with Crippen LogP contribution in [0.25, 0.3) is 0 Å². The molecule has 1 aliphatic rings. The summed E-state index contributed by atoms with van der Waals surface area (Å²) in [5.41, 5.74) is -0.0614.